The standard InChI is InChI=1S/C15H17ClN4O2/c1-17-14(21)19-13-8-4-15(22,5-9(8)13)11-2-7(16)3-12-10(11)6-18-20-12/h2-3,6,8-9,13,22H,4-5H2,1H3,(H,18,20)(H2,17,19,21)/t8-,9+,13+,15+. The average Bonchev–Trinajstić information content (AvgIpc) is 2.86. The summed E-state index contributed by atoms with van der Waals surface area (Å²) in [6.45, 7) is 0. The summed E-state index contributed by atoms with van der Waals surface area (Å²) in [4.78, 5) is 11.4. The number of benzene rings is 1. The number of hydrogen-bond donors (Lipinski definition) is 4. The highest BCUT2D eigenvalue weighted by molar-refractivity contribution is 6.31. The van der Waals surface area contributed by atoms with Gasteiger partial charge in [-0.15, -0.1) is 0 Å². The van der Waals surface area contributed by atoms with Gasteiger partial charge in [0.15, 0.2) is 0 Å². The fourth-order valence-electron chi connectivity index (χ4n) is 3.92. The SMILES string of the molecule is CNC(=O)N[C@H]1[C@@H]2C[C@@](O)(c3cc(Cl)cc4[nH]ncc34)C[C@@H]21. The molecule has 0 radical (unpaired) electrons. The maximum atomic E-state index is 11.4. The number of hydrogen-bond acceptors (Lipinski definition) is 3. The highest BCUT2D eigenvalue weighted by Gasteiger charge is 2.62. The van der Waals surface area contributed by atoms with Gasteiger partial charge in [-0.2, -0.15) is 5.10 Å². The van der Waals surface area contributed by atoms with Crippen LogP contribution in [0.3, 0.4) is 0 Å². The molecule has 2 amide bonds. The molecule has 1 aromatic heterocycles. The molecular formula is C15H17ClN4O2. The lowest BCUT2D eigenvalue weighted by molar-refractivity contribution is 0.0299. The summed E-state index contributed by atoms with van der Waals surface area (Å²) < 4.78 is 0. The number of halogens is 1. The first-order valence-electron chi connectivity index (χ1n) is 7.35. The van der Waals surface area contributed by atoms with Gasteiger partial charge in [-0.1, -0.05) is 11.6 Å². The zero-order chi connectivity index (χ0) is 15.5. The van der Waals surface area contributed by atoms with Crippen LogP contribution in [0.5, 0.6) is 0 Å². The van der Waals surface area contributed by atoms with Crippen LogP contribution in [-0.2, 0) is 5.60 Å². The molecule has 2 aromatic rings. The summed E-state index contributed by atoms with van der Waals surface area (Å²) in [7, 11) is 1.60. The van der Waals surface area contributed by atoms with Crippen molar-refractivity contribution in [2.24, 2.45) is 11.8 Å². The van der Waals surface area contributed by atoms with E-state index in [0.29, 0.717) is 29.7 Å². The van der Waals surface area contributed by atoms with Crippen molar-refractivity contribution < 1.29 is 9.90 Å². The first kappa shape index (κ1) is 13.8. The first-order valence-corrected chi connectivity index (χ1v) is 7.73. The van der Waals surface area contributed by atoms with Crippen molar-refractivity contribution in [1.82, 2.24) is 20.8 Å². The Hall–Kier alpha value is -1.79. The molecule has 7 heteroatoms. The van der Waals surface area contributed by atoms with Crippen molar-refractivity contribution >= 4 is 28.5 Å². The number of nitrogens with one attached hydrogen (secondary N) is 3. The molecular weight excluding hydrogens is 304 g/mol. The van der Waals surface area contributed by atoms with Crippen LogP contribution < -0.4 is 10.6 Å². The Morgan fingerprint density at radius 3 is 2.86 bits per heavy atom. The number of aromatic amines is 1. The molecule has 4 N–H and O–H groups in total. The number of fused-ring (bicyclic) bond motifs is 2. The molecule has 0 bridgehead atoms. The molecule has 0 aliphatic heterocycles. The van der Waals surface area contributed by atoms with Crippen molar-refractivity contribution in [1.29, 1.82) is 0 Å². The molecule has 116 valence electrons. The van der Waals surface area contributed by atoms with Gasteiger partial charge in [-0.25, -0.2) is 4.79 Å². The Balaban J connectivity index is 1.60. The quantitative estimate of drug-likeness (QED) is 0.679. The summed E-state index contributed by atoms with van der Waals surface area (Å²) >= 11 is 6.16. The van der Waals surface area contributed by atoms with Crippen molar-refractivity contribution in [3.8, 4) is 0 Å². The maximum absolute atomic E-state index is 11.4. The smallest absolute Gasteiger partial charge is 0.314 e. The number of rotatable bonds is 2. The number of amides is 2. The number of carbonyl (C=O) groups is 1. The van der Waals surface area contributed by atoms with Crippen molar-refractivity contribution in [2.45, 2.75) is 24.5 Å². The predicted octanol–water partition coefficient (Wildman–Crippen LogP) is 1.74. The predicted molar refractivity (Wildman–Crippen MR) is 82.6 cm³/mol. The molecule has 0 spiro atoms. The van der Waals surface area contributed by atoms with Gasteiger partial charge in [0.25, 0.3) is 0 Å². The molecule has 1 heterocycles. The van der Waals surface area contributed by atoms with Crippen molar-refractivity contribution in [2.75, 3.05) is 7.05 Å². The molecule has 2 aliphatic rings. The lowest BCUT2D eigenvalue weighted by atomic mass is 9.86. The second-order valence-corrected chi connectivity index (χ2v) is 6.74. The number of aromatic nitrogens is 2. The minimum atomic E-state index is -0.900. The maximum Gasteiger partial charge on any atom is 0.314 e. The summed E-state index contributed by atoms with van der Waals surface area (Å²) in [6, 6.07) is 3.63. The van der Waals surface area contributed by atoms with Crippen LogP contribution in [0, 0.1) is 11.8 Å². The van der Waals surface area contributed by atoms with Crippen LogP contribution in [0.2, 0.25) is 5.02 Å². The van der Waals surface area contributed by atoms with Gasteiger partial charge in [-0.05, 0) is 42.4 Å². The third kappa shape index (κ3) is 1.98. The largest absolute Gasteiger partial charge is 0.385 e. The van der Waals surface area contributed by atoms with E-state index in [2.05, 4.69) is 20.8 Å². The van der Waals surface area contributed by atoms with E-state index in [-0.39, 0.29) is 12.1 Å². The number of urea groups is 1. The van der Waals surface area contributed by atoms with Gasteiger partial charge in [0.2, 0.25) is 0 Å². The molecule has 22 heavy (non-hydrogen) atoms. The van der Waals surface area contributed by atoms with Gasteiger partial charge < -0.3 is 15.7 Å². The van der Waals surface area contributed by atoms with Crippen LogP contribution in [0.25, 0.3) is 10.9 Å². The van der Waals surface area contributed by atoms with E-state index in [1.54, 1.807) is 13.2 Å². The van der Waals surface area contributed by atoms with Gasteiger partial charge >= 0.3 is 6.03 Å². The summed E-state index contributed by atoms with van der Waals surface area (Å²) in [5.74, 6) is 0.645. The molecule has 0 unspecified atom stereocenters. The topological polar surface area (TPSA) is 90.0 Å². The fourth-order valence-corrected chi connectivity index (χ4v) is 4.14. The van der Waals surface area contributed by atoms with E-state index in [1.807, 2.05) is 12.1 Å². The summed E-state index contributed by atoms with van der Waals surface area (Å²) in [5.41, 5.74) is 0.759. The minimum Gasteiger partial charge on any atom is -0.385 e. The highest BCUT2D eigenvalue weighted by Crippen LogP contribution is 2.60. The van der Waals surface area contributed by atoms with Crippen LogP contribution in [0.15, 0.2) is 18.3 Å². The molecule has 2 fully saturated rings. The number of nitrogens with zero attached hydrogens (tertiary/aromatic N) is 1. The number of carbonyl (C=O) groups excluding carboxylic acids is 1. The zero-order valence-corrected chi connectivity index (χ0v) is 12.8. The van der Waals surface area contributed by atoms with Crippen molar-refractivity contribution in [3.63, 3.8) is 0 Å². The van der Waals surface area contributed by atoms with Crippen LogP contribution in [0.1, 0.15) is 18.4 Å². The van der Waals surface area contributed by atoms with E-state index in [4.69, 9.17) is 11.6 Å². The van der Waals surface area contributed by atoms with E-state index in [1.165, 1.54) is 0 Å². The Labute approximate surface area is 132 Å². The van der Waals surface area contributed by atoms with Gasteiger partial charge in [0.05, 0.1) is 17.3 Å². The molecule has 4 rings (SSSR count). The van der Waals surface area contributed by atoms with E-state index in [9.17, 15) is 9.90 Å². The van der Waals surface area contributed by atoms with E-state index < -0.39 is 5.60 Å². The molecule has 0 saturated heterocycles. The van der Waals surface area contributed by atoms with E-state index >= 15 is 0 Å². The third-order valence-electron chi connectivity index (χ3n) is 5.03. The highest BCUT2D eigenvalue weighted by atomic mass is 35.5. The normalized spacial score (nSPS) is 32.8. The van der Waals surface area contributed by atoms with E-state index in [0.717, 1.165) is 16.5 Å². The second kappa shape index (κ2) is 4.60. The lowest BCUT2D eigenvalue weighted by Crippen LogP contribution is -2.38. The zero-order valence-electron chi connectivity index (χ0n) is 12.1. The Morgan fingerprint density at radius 1 is 1.45 bits per heavy atom. The Kier molecular flexibility index (Phi) is 2.90. The molecule has 1 aromatic carbocycles. The Morgan fingerprint density at radius 2 is 2.18 bits per heavy atom. The van der Waals surface area contributed by atoms with Crippen molar-refractivity contribution in [3.05, 3.63) is 28.9 Å². The Bertz CT molecular complexity index is 747. The molecule has 2 saturated carbocycles. The van der Waals surface area contributed by atoms with Gasteiger partial charge in [0, 0.05) is 23.5 Å². The number of aliphatic hydroxyl groups is 1. The number of H-pyrrole nitrogens is 1. The summed E-state index contributed by atoms with van der Waals surface area (Å²) in [5, 5.41) is 25.0. The van der Waals surface area contributed by atoms with Crippen LogP contribution >= 0.6 is 11.6 Å². The van der Waals surface area contributed by atoms with Crippen LogP contribution in [-0.4, -0.2) is 34.4 Å². The van der Waals surface area contributed by atoms with Crippen LogP contribution in [0.4, 0.5) is 4.79 Å². The average molecular weight is 321 g/mol. The lowest BCUT2D eigenvalue weighted by Gasteiger charge is -2.27. The van der Waals surface area contributed by atoms with Gasteiger partial charge in [-0.3, -0.25) is 5.10 Å². The first-order chi connectivity index (χ1) is 10.5. The third-order valence-corrected chi connectivity index (χ3v) is 5.25. The second-order valence-electron chi connectivity index (χ2n) is 6.30. The molecule has 4 atom stereocenters. The summed E-state index contributed by atoms with van der Waals surface area (Å²) in [6.07, 6.45) is 2.99. The molecule has 2 aliphatic carbocycles. The minimum absolute atomic E-state index is 0.164. The monoisotopic (exact) mass is 320 g/mol. The van der Waals surface area contributed by atoms with Gasteiger partial charge in [0.1, 0.15) is 0 Å². The molecule has 6 nitrogen and oxygen atoms in total. The fraction of sp³-hybridized carbons (Fsp3) is 0.467.